The van der Waals surface area contributed by atoms with Crippen molar-refractivity contribution in [2.45, 2.75) is 13.8 Å². The van der Waals surface area contributed by atoms with Crippen LogP contribution < -0.4 is 0 Å². The van der Waals surface area contributed by atoms with Crippen LogP contribution in [0.5, 0.6) is 0 Å². The fraction of sp³-hybridized carbons (Fsp3) is 0.100. The molecular weight excluding hydrogens is 336 g/mol. The third-order valence-electron chi connectivity index (χ3n) is 3.87. The van der Waals surface area contributed by atoms with Crippen LogP contribution in [0.15, 0.2) is 48.6 Å². The average molecular weight is 352 g/mol. The smallest absolute Gasteiger partial charge is 0.337 e. The summed E-state index contributed by atoms with van der Waals surface area (Å²) in [5.74, 6) is -4.57. The lowest BCUT2D eigenvalue weighted by atomic mass is 9.83. The van der Waals surface area contributed by atoms with Gasteiger partial charge >= 0.3 is 11.9 Å². The number of aromatic carboxylic acids is 2. The number of carbonyl (C=O) groups excluding carboxylic acids is 2. The summed E-state index contributed by atoms with van der Waals surface area (Å²) in [5, 5.41) is 19.5. The number of fused-ring (bicyclic) bond motifs is 1. The first-order valence-electron chi connectivity index (χ1n) is 7.55. The lowest BCUT2D eigenvalue weighted by Crippen LogP contribution is -2.21. The van der Waals surface area contributed by atoms with Crippen LogP contribution >= 0.6 is 0 Å². The fourth-order valence-corrected chi connectivity index (χ4v) is 2.76. The Morgan fingerprint density at radius 1 is 0.692 bits per heavy atom. The van der Waals surface area contributed by atoms with Crippen LogP contribution in [0.1, 0.15) is 55.3 Å². The zero-order chi connectivity index (χ0) is 19.8. The van der Waals surface area contributed by atoms with Crippen molar-refractivity contribution in [3.8, 4) is 0 Å². The van der Waals surface area contributed by atoms with Crippen molar-refractivity contribution >= 4 is 34.3 Å². The Hall–Kier alpha value is -3.54. The van der Waals surface area contributed by atoms with E-state index >= 15 is 0 Å². The summed E-state index contributed by atoms with van der Waals surface area (Å²) in [6.45, 7) is 9.86. The van der Waals surface area contributed by atoms with Gasteiger partial charge in [-0.05, 0) is 35.8 Å². The molecule has 26 heavy (non-hydrogen) atoms. The van der Waals surface area contributed by atoms with Crippen LogP contribution in [0.4, 0.5) is 0 Å². The molecule has 0 amide bonds. The number of carboxylic acid groups (broad SMARTS) is 2. The molecule has 0 radical (unpaired) electrons. The van der Waals surface area contributed by atoms with Gasteiger partial charge in [0, 0.05) is 11.1 Å². The molecule has 0 aromatic heterocycles. The number of Topliss-reactive ketones (excluding diaryl/α,β-unsaturated/α-hetero) is 2. The molecule has 132 valence electrons. The van der Waals surface area contributed by atoms with Crippen LogP contribution in [0, 0.1) is 0 Å². The van der Waals surface area contributed by atoms with E-state index in [1.54, 1.807) is 6.07 Å². The lowest BCUT2D eigenvalue weighted by Gasteiger charge is -2.17. The maximum atomic E-state index is 12.7. The van der Waals surface area contributed by atoms with Gasteiger partial charge in [0.1, 0.15) is 0 Å². The van der Waals surface area contributed by atoms with Crippen LogP contribution in [-0.4, -0.2) is 33.7 Å². The number of benzene rings is 2. The third-order valence-corrected chi connectivity index (χ3v) is 3.87. The molecule has 2 aromatic carbocycles. The Morgan fingerprint density at radius 3 is 1.46 bits per heavy atom. The predicted molar refractivity (Wildman–Crippen MR) is 96.2 cm³/mol. The number of hydrogen-bond acceptors (Lipinski definition) is 4. The number of allylic oxidation sites excluding steroid dienone is 2. The fourth-order valence-electron chi connectivity index (χ4n) is 2.76. The molecule has 0 unspecified atom stereocenters. The number of rotatable bonds is 6. The Morgan fingerprint density at radius 2 is 1.08 bits per heavy atom. The van der Waals surface area contributed by atoms with Gasteiger partial charge in [-0.25, -0.2) is 9.59 Å². The van der Waals surface area contributed by atoms with E-state index in [0.717, 1.165) is 0 Å². The molecule has 2 aromatic rings. The summed E-state index contributed by atoms with van der Waals surface area (Å²) < 4.78 is 0. The highest BCUT2D eigenvalue weighted by atomic mass is 16.4. The molecular formula is C20H16O6. The van der Waals surface area contributed by atoms with Gasteiger partial charge in [0.05, 0.1) is 11.1 Å². The SMILES string of the molecule is C=C(C)C(=O)c1c(C(=O)O)c(C(=O)O)c2ccccc2c1C(=O)C(=C)C. The first kappa shape index (κ1) is 18.8. The first-order valence-corrected chi connectivity index (χ1v) is 7.55. The average Bonchev–Trinajstić information content (AvgIpc) is 2.57. The predicted octanol–water partition coefficient (Wildman–Crippen LogP) is 3.75. The molecule has 0 aliphatic heterocycles. The Labute approximate surface area is 149 Å². The summed E-state index contributed by atoms with van der Waals surface area (Å²) >= 11 is 0. The molecule has 0 spiro atoms. The molecule has 0 saturated carbocycles. The van der Waals surface area contributed by atoms with Crippen LogP contribution in [0.25, 0.3) is 10.8 Å². The molecule has 0 heterocycles. The summed E-state index contributed by atoms with van der Waals surface area (Å²) in [6, 6.07) is 5.96. The van der Waals surface area contributed by atoms with E-state index in [-0.39, 0.29) is 27.5 Å². The summed E-state index contributed by atoms with van der Waals surface area (Å²) in [6.07, 6.45) is 0. The molecule has 0 atom stereocenters. The van der Waals surface area contributed by atoms with Crippen molar-refractivity contribution in [1.29, 1.82) is 0 Å². The number of hydrogen-bond donors (Lipinski definition) is 2. The highest BCUT2D eigenvalue weighted by molar-refractivity contribution is 6.30. The van der Waals surface area contributed by atoms with E-state index in [2.05, 4.69) is 13.2 Å². The van der Waals surface area contributed by atoms with Crippen molar-refractivity contribution in [2.24, 2.45) is 0 Å². The molecule has 0 aliphatic carbocycles. The highest BCUT2D eigenvalue weighted by Gasteiger charge is 2.33. The molecule has 0 bridgehead atoms. The van der Waals surface area contributed by atoms with Crippen molar-refractivity contribution in [2.75, 3.05) is 0 Å². The topological polar surface area (TPSA) is 109 Å². The van der Waals surface area contributed by atoms with Gasteiger partial charge in [-0.2, -0.15) is 0 Å². The number of carbonyl (C=O) groups is 4. The van der Waals surface area contributed by atoms with E-state index in [1.165, 1.54) is 32.0 Å². The van der Waals surface area contributed by atoms with Crippen molar-refractivity contribution in [3.05, 3.63) is 70.8 Å². The minimum absolute atomic E-state index is 0.0186. The van der Waals surface area contributed by atoms with E-state index < -0.39 is 40.2 Å². The van der Waals surface area contributed by atoms with E-state index in [9.17, 15) is 29.4 Å². The van der Waals surface area contributed by atoms with Crippen LogP contribution in [0.2, 0.25) is 0 Å². The standard InChI is InChI=1S/C20H16O6/c1-9(2)17(21)13-11-7-5-6-8-12(11)14(19(23)24)16(20(25)26)15(13)18(22)10(3)4/h5-8H,1,3H2,2,4H3,(H,23,24)(H,25,26). The van der Waals surface area contributed by atoms with E-state index in [1.807, 2.05) is 0 Å². The zero-order valence-corrected chi connectivity index (χ0v) is 14.3. The monoisotopic (exact) mass is 352 g/mol. The minimum atomic E-state index is -1.62. The molecule has 2 N–H and O–H groups in total. The Bertz CT molecular complexity index is 1030. The van der Waals surface area contributed by atoms with Crippen molar-refractivity contribution in [1.82, 2.24) is 0 Å². The van der Waals surface area contributed by atoms with Gasteiger partial charge in [0.25, 0.3) is 0 Å². The van der Waals surface area contributed by atoms with Gasteiger partial charge in [-0.3, -0.25) is 9.59 Å². The Kier molecular flexibility index (Phi) is 4.88. The lowest BCUT2D eigenvalue weighted by molar-refractivity contribution is 0.0651. The maximum absolute atomic E-state index is 12.7. The summed E-state index contributed by atoms with van der Waals surface area (Å²) in [7, 11) is 0. The van der Waals surface area contributed by atoms with E-state index in [0.29, 0.717) is 0 Å². The van der Waals surface area contributed by atoms with Gasteiger partial charge in [0.15, 0.2) is 11.6 Å². The quantitative estimate of drug-likeness (QED) is 0.605. The minimum Gasteiger partial charge on any atom is -0.478 e. The number of ketones is 2. The molecule has 0 fully saturated rings. The zero-order valence-electron chi connectivity index (χ0n) is 14.3. The highest BCUT2D eigenvalue weighted by Crippen LogP contribution is 2.34. The Balaban J connectivity index is 3.27. The van der Waals surface area contributed by atoms with Gasteiger partial charge in [0.2, 0.25) is 0 Å². The molecule has 0 aliphatic rings. The second-order valence-electron chi connectivity index (χ2n) is 5.87. The van der Waals surface area contributed by atoms with Crippen molar-refractivity contribution < 1.29 is 29.4 Å². The van der Waals surface area contributed by atoms with Gasteiger partial charge < -0.3 is 10.2 Å². The second kappa shape index (κ2) is 6.76. The van der Waals surface area contributed by atoms with Gasteiger partial charge in [-0.15, -0.1) is 0 Å². The van der Waals surface area contributed by atoms with Crippen molar-refractivity contribution in [3.63, 3.8) is 0 Å². The third kappa shape index (κ3) is 2.93. The second-order valence-corrected chi connectivity index (χ2v) is 5.87. The van der Waals surface area contributed by atoms with Crippen LogP contribution in [-0.2, 0) is 0 Å². The van der Waals surface area contributed by atoms with Gasteiger partial charge in [-0.1, -0.05) is 37.4 Å². The largest absolute Gasteiger partial charge is 0.478 e. The molecule has 6 heteroatoms. The molecule has 0 saturated heterocycles. The maximum Gasteiger partial charge on any atom is 0.337 e. The summed E-state index contributed by atoms with van der Waals surface area (Å²) in [4.78, 5) is 49.1. The normalized spacial score (nSPS) is 10.4. The van der Waals surface area contributed by atoms with Crippen LogP contribution in [0.3, 0.4) is 0 Å². The first-order chi connectivity index (χ1) is 12.1. The van der Waals surface area contributed by atoms with E-state index in [4.69, 9.17) is 0 Å². The molecule has 6 nitrogen and oxygen atoms in total. The molecule has 2 rings (SSSR count). The number of carboxylic acids is 2. The summed E-state index contributed by atoms with van der Waals surface area (Å²) in [5.41, 5.74) is -1.86.